The minimum atomic E-state index is -0.641. The number of thioether (sulfide) groups is 1. The summed E-state index contributed by atoms with van der Waals surface area (Å²) in [6.45, 7) is 3.69. The van der Waals surface area contributed by atoms with Crippen LogP contribution in [0.25, 0.3) is 0 Å². The van der Waals surface area contributed by atoms with Crippen LogP contribution >= 0.6 is 11.8 Å². The van der Waals surface area contributed by atoms with E-state index in [1.807, 2.05) is 4.90 Å². The van der Waals surface area contributed by atoms with Crippen LogP contribution in [0, 0.1) is 0 Å². The Kier molecular flexibility index (Phi) is 5.77. The molecule has 2 N–H and O–H groups in total. The molecule has 1 fully saturated rings. The smallest absolute Gasteiger partial charge is 0.323 e. The minimum Gasteiger partial charge on any atom is -0.468 e. The molecule has 0 saturated carbocycles. The van der Waals surface area contributed by atoms with Crippen molar-refractivity contribution in [3.8, 4) is 0 Å². The predicted octanol–water partition coefficient (Wildman–Crippen LogP) is 0.231. The average Bonchev–Trinajstić information content (AvgIpc) is 2.67. The largest absolute Gasteiger partial charge is 0.468 e. The first kappa shape index (κ1) is 14.3. The van der Waals surface area contributed by atoms with Gasteiger partial charge in [0.15, 0.2) is 0 Å². The van der Waals surface area contributed by atoms with E-state index in [0.717, 1.165) is 25.9 Å². The van der Waals surface area contributed by atoms with E-state index in [4.69, 9.17) is 5.73 Å². The summed E-state index contributed by atoms with van der Waals surface area (Å²) < 4.78 is 4.54. The summed E-state index contributed by atoms with van der Waals surface area (Å²) in [4.78, 5) is 24.9. The molecule has 0 aromatic rings. The summed E-state index contributed by atoms with van der Waals surface area (Å²) in [5.74, 6) is 0.186. The molecule has 1 rings (SSSR count). The summed E-state index contributed by atoms with van der Waals surface area (Å²) in [6, 6.07) is -0.641. The summed E-state index contributed by atoms with van der Waals surface area (Å²) in [5, 5.41) is -0.0442. The van der Waals surface area contributed by atoms with Crippen molar-refractivity contribution in [2.75, 3.05) is 26.0 Å². The summed E-state index contributed by atoms with van der Waals surface area (Å²) >= 11 is 1.46. The van der Waals surface area contributed by atoms with E-state index in [1.165, 1.54) is 18.9 Å². The molecule has 2 atom stereocenters. The Labute approximate surface area is 106 Å². The zero-order valence-electron chi connectivity index (χ0n) is 10.3. The van der Waals surface area contributed by atoms with Crippen molar-refractivity contribution in [3.05, 3.63) is 0 Å². The standard InChI is InChI=1S/C11H20N2O3S/c1-3-5-13-6-4-9(10(13)14)17-7-8(12)11(15)16-2/h8-9H,3-7,12H2,1-2H3/t8-,9?/m0/s1. The Hall–Kier alpha value is -0.750. The Bertz CT molecular complexity index is 286. The van der Waals surface area contributed by atoms with E-state index in [1.54, 1.807) is 0 Å². The molecule has 1 aliphatic heterocycles. The van der Waals surface area contributed by atoms with Crippen LogP contribution in [0.2, 0.25) is 0 Å². The van der Waals surface area contributed by atoms with Gasteiger partial charge in [-0.05, 0) is 12.8 Å². The van der Waals surface area contributed by atoms with Gasteiger partial charge in [-0.3, -0.25) is 9.59 Å². The van der Waals surface area contributed by atoms with Crippen molar-refractivity contribution in [2.45, 2.75) is 31.1 Å². The first-order valence-electron chi connectivity index (χ1n) is 5.84. The van der Waals surface area contributed by atoms with Crippen LogP contribution in [0.15, 0.2) is 0 Å². The van der Waals surface area contributed by atoms with Crippen molar-refractivity contribution >= 4 is 23.6 Å². The molecule has 17 heavy (non-hydrogen) atoms. The molecule has 0 radical (unpaired) electrons. The Morgan fingerprint density at radius 3 is 3.00 bits per heavy atom. The zero-order chi connectivity index (χ0) is 12.8. The maximum atomic E-state index is 11.9. The predicted molar refractivity (Wildman–Crippen MR) is 67.7 cm³/mol. The van der Waals surface area contributed by atoms with Gasteiger partial charge in [-0.1, -0.05) is 6.92 Å². The Balaban J connectivity index is 2.34. The third-order valence-corrected chi connectivity index (χ3v) is 4.11. The van der Waals surface area contributed by atoms with E-state index < -0.39 is 12.0 Å². The summed E-state index contributed by atoms with van der Waals surface area (Å²) in [7, 11) is 1.32. The van der Waals surface area contributed by atoms with Crippen LogP contribution in [-0.2, 0) is 14.3 Å². The third-order valence-electron chi connectivity index (χ3n) is 2.72. The number of hydrogen-bond acceptors (Lipinski definition) is 5. The lowest BCUT2D eigenvalue weighted by molar-refractivity contribution is -0.141. The molecule has 0 aromatic heterocycles. The fourth-order valence-electron chi connectivity index (χ4n) is 1.80. The summed E-state index contributed by atoms with van der Waals surface area (Å²) in [6.07, 6.45) is 1.82. The monoisotopic (exact) mass is 260 g/mol. The lowest BCUT2D eigenvalue weighted by atomic mass is 10.4. The number of rotatable bonds is 6. The third kappa shape index (κ3) is 3.89. The van der Waals surface area contributed by atoms with Gasteiger partial charge in [-0.15, -0.1) is 11.8 Å². The molecule has 0 spiro atoms. The number of carbonyl (C=O) groups is 2. The number of likely N-dealkylation sites (tertiary alicyclic amines) is 1. The van der Waals surface area contributed by atoms with E-state index in [0.29, 0.717) is 5.75 Å². The topological polar surface area (TPSA) is 72.6 Å². The van der Waals surface area contributed by atoms with Crippen LogP contribution in [0.3, 0.4) is 0 Å². The molecule has 0 aromatic carbocycles. The van der Waals surface area contributed by atoms with Gasteiger partial charge in [0.25, 0.3) is 0 Å². The van der Waals surface area contributed by atoms with Crippen molar-refractivity contribution in [2.24, 2.45) is 5.73 Å². The normalized spacial score (nSPS) is 21.7. The molecule has 1 amide bonds. The minimum absolute atomic E-state index is 0.0442. The molecule has 1 heterocycles. The molecule has 0 aliphatic carbocycles. The van der Waals surface area contributed by atoms with Gasteiger partial charge in [0.1, 0.15) is 6.04 Å². The number of nitrogens with two attached hydrogens (primary N) is 1. The van der Waals surface area contributed by atoms with Crippen LogP contribution in [0.4, 0.5) is 0 Å². The van der Waals surface area contributed by atoms with E-state index >= 15 is 0 Å². The second-order valence-corrected chi connectivity index (χ2v) is 5.30. The number of esters is 1. The summed E-state index contributed by atoms with van der Waals surface area (Å²) in [5.41, 5.74) is 5.62. The highest BCUT2D eigenvalue weighted by atomic mass is 32.2. The highest BCUT2D eigenvalue weighted by Crippen LogP contribution is 2.24. The molecule has 1 saturated heterocycles. The highest BCUT2D eigenvalue weighted by Gasteiger charge is 2.32. The van der Waals surface area contributed by atoms with Crippen LogP contribution in [-0.4, -0.2) is 54.0 Å². The quantitative estimate of drug-likeness (QED) is 0.692. The van der Waals surface area contributed by atoms with Crippen LogP contribution in [0.1, 0.15) is 19.8 Å². The lowest BCUT2D eigenvalue weighted by Crippen LogP contribution is -2.35. The average molecular weight is 260 g/mol. The van der Waals surface area contributed by atoms with Gasteiger partial charge in [0.2, 0.25) is 5.91 Å². The molecule has 0 bridgehead atoms. The van der Waals surface area contributed by atoms with Crippen molar-refractivity contribution in [1.29, 1.82) is 0 Å². The van der Waals surface area contributed by atoms with Gasteiger partial charge in [-0.2, -0.15) is 0 Å². The van der Waals surface area contributed by atoms with E-state index in [-0.39, 0.29) is 11.2 Å². The molecule has 6 heteroatoms. The maximum absolute atomic E-state index is 11.9. The van der Waals surface area contributed by atoms with Crippen LogP contribution < -0.4 is 5.73 Å². The zero-order valence-corrected chi connectivity index (χ0v) is 11.2. The maximum Gasteiger partial charge on any atom is 0.323 e. The van der Waals surface area contributed by atoms with Crippen molar-refractivity contribution < 1.29 is 14.3 Å². The molecule has 1 aliphatic rings. The van der Waals surface area contributed by atoms with Gasteiger partial charge < -0.3 is 15.4 Å². The van der Waals surface area contributed by atoms with Gasteiger partial charge >= 0.3 is 5.97 Å². The number of carbonyl (C=O) groups excluding carboxylic acids is 2. The molecule has 98 valence electrons. The number of ether oxygens (including phenoxy) is 1. The number of methoxy groups -OCH3 is 1. The lowest BCUT2D eigenvalue weighted by Gasteiger charge is -2.15. The first-order chi connectivity index (χ1) is 8.10. The number of nitrogens with zero attached hydrogens (tertiary/aromatic N) is 1. The molecular weight excluding hydrogens is 240 g/mol. The van der Waals surface area contributed by atoms with Crippen molar-refractivity contribution in [3.63, 3.8) is 0 Å². The fourth-order valence-corrected chi connectivity index (χ4v) is 2.94. The molecular formula is C11H20N2O3S. The van der Waals surface area contributed by atoms with Crippen LogP contribution in [0.5, 0.6) is 0 Å². The Morgan fingerprint density at radius 2 is 2.41 bits per heavy atom. The Morgan fingerprint density at radius 1 is 1.71 bits per heavy atom. The second kappa shape index (κ2) is 6.86. The molecule has 1 unspecified atom stereocenters. The second-order valence-electron chi connectivity index (χ2n) is 4.07. The SMILES string of the molecule is CCCN1CCC(SC[C@H](N)C(=O)OC)C1=O. The van der Waals surface area contributed by atoms with Gasteiger partial charge in [-0.25, -0.2) is 0 Å². The highest BCUT2D eigenvalue weighted by molar-refractivity contribution is 8.00. The fraction of sp³-hybridized carbons (Fsp3) is 0.818. The first-order valence-corrected chi connectivity index (χ1v) is 6.88. The number of amides is 1. The van der Waals surface area contributed by atoms with Crippen molar-refractivity contribution in [1.82, 2.24) is 4.90 Å². The van der Waals surface area contributed by atoms with Gasteiger partial charge in [0.05, 0.1) is 12.4 Å². The van der Waals surface area contributed by atoms with E-state index in [9.17, 15) is 9.59 Å². The van der Waals surface area contributed by atoms with Gasteiger partial charge in [0, 0.05) is 18.8 Å². The molecule has 5 nitrogen and oxygen atoms in total. The van der Waals surface area contributed by atoms with E-state index in [2.05, 4.69) is 11.7 Å². The number of hydrogen-bond donors (Lipinski definition) is 1.